The monoisotopic (exact) mass is 380 g/mol. The number of benzene rings is 2. The highest BCUT2D eigenvalue weighted by Crippen LogP contribution is 2.35. The van der Waals surface area contributed by atoms with E-state index in [0.29, 0.717) is 10.7 Å². The molecule has 0 radical (unpaired) electrons. The molecule has 0 saturated heterocycles. The molecule has 1 heterocycles. The third-order valence-corrected chi connectivity index (χ3v) is 4.40. The van der Waals surface area contributed by atoms with Gasteiger partial charge in [0.15, 0.2) is 0 Å². The van der Waals surface area contributed by atoms with Gasteiger partial charge in [-0.1, -0.05) is 52.5 Å². The van der Waals surface area contributed by atoms with Crippen molar-refractivity contribution in [1.29, 1.82) is 0 Å². The van der Waals surface area contributed by atoms with Crippen molar-refractivity contribution >= 4 is 58.0 Å². The molecular weight excluding hydrogens is 371 g/mol. The normalized spacial score (nSPS) is 14.6. The lowest BCUT2D eigenvalue weighted by Gasteiger charge is -2.16. The fourth-order valence-electron chi connectivity index (χ4n) is 2.27. The van der Waals surface area contributed by atoms with E-state index in [2.05, 4.69) is 5.32 Å². The van der Waals surface area contributed by atoms with Gasteiger partial charge in [-0.2, -0.15) is 0 Å². The van der Waals surface area contributed by atoms with Crippen LogP contribution in [0.1, 0.15) is 5.56 Å². The van der Waals surface area contributed by atoms with Gasteiger partial charge in [-0.15, -0.1) is 0 Å². The minimum atomic E-state index is -0.652. The Balaban J connectivity index is 1.95. The van der Waals surface area contributed by atoms with Crippen LogP contribution in [0.5, 0.6) is 0 Å². The third kappa shape index (κ3) is 3.00. The molecule has 1 aliphatic heterocycles. The molecule has 2 aromatic rings. The summed E-state index contributed by atoms with van der Waals surface area (Å²) in [7, 11) is 0. The standard InChI is InChI=1S/C17H11Cl3N2O2/c1-9-2-5-11(6-3-9)21-15-14(20)16(23)22(17(15)24)13-8-10(18)4-7-12(13)19/h2-8,21H,1H3. The molecule has 4 nitrogen and oxygen atoms in total. The summed E-state index contributed by atoms with van der Waals surface area (Å²) in [5.74, 6) is -1.24. The summed E-state index contributed by atoms with van der Waals surface area (Å²) >= 11 is 18.1. The van der Waals surface area contributed by atoms with E-state index < -0.39 is 11.8 Å². The average Bonchev–Trinajstić information content (AvgIpc) is 2.76. The lowest BCUT2D eigenvalue weighted by Crippen LogP contribution is -2.32. The van der Waals surface area contributed by atoms with Gasteiger partial charge in [-0.05, 0) is 37.3 Å². The van der Waals surface area contributed by atoms with Crippen LogP contribution in [0.4, 0.5) is 11.4 Å². The van der Waals surface area contributed by atoms with Crippen molar-refractivity contribution in [3.8, 4) is 0 Å². The molecule has 0 bridgehead atoms. The van der Waals surface area contributed by atoms with Crippen LogP contribution < -0.4 is 10.2 Å². The maximum atomic E-state index is 12.7. The highest BCUT2D eigenvalue weighted by molar-refractivity contribution is 6.54. The molecule has 2 aromatic carbocycles. The average molecular weight is 382 g/mol. The smallest absolute Gasteiger partial charge is 0.283 e. The molecule has 122 valence electrons. The summed E-state index contributed by atoms with van der Waals surface area (Å²) in [5, 5.41) is 3.27. The number of anilines is 2. The number of aryl methyl sites for hydroxylation is 1. The van der Waals surface area contributed by atoms with Crippen molar-refractivity contribution in [2.24, 2.45) is 0 Å². The predicted octanol–water partition coefficient (Wildman–Crippen LogP) is 4.74. The molecule has 7 heteroatoms. The van der Waals surface area contributed by atoms with Crippen LogP contribution >= 0.6 is 34.8 Å². The van der Waals surface area contributed by atoms with E-state index in [4.69, 9.17) is 34.8 Å². The number of halogens is 3. The van der Waals surface area contributed by atoms with E-state index >= 15 is 0 Å². The quantitative estimate of drug-likeness (QED) is 0.781. The van der Waals surface area contributed by atoms with E-state index in [9.17, 15) is 9.59 Å². The van der Waals surface area contributed by atoms with Crippen LogP contribution in [0.3, 0.4) is 0 Å². The Morgan fingerprint density at radius 1 is 0.917 bits per heavy atom. The van der Waals surface area contributed by atoms with Crippen molar-refractivity contribution in [2.75, 3.05) is 10.2 Å². The summed E-state index contributed by atoms with van der Waals surface area (Å²) in [6.45, 7) is 1.95. The van der Waals surface area contributed by atoms with E-state index in [0.717, 1.165) is 10.5 Å². The second-order valence-electron chi connectivity index (χ2n) is 5.22. The summed E-state index contributed by atoms with van der Waals surface area (Å²) < 4.78 is 0. The summed E-state index contributed by atoms with van der Waals surface area (Å²) in [4.78, 5) is 26.0. The molecule has 0 aromatic heterocycles. The minimum Gasteiger partial charge on any atom is -0.350 e. The van der Waals surface area contributed by atoms with Crippen LogP contribution in [0, 0.1) is 6.92 Å². The van der Waals surface area contributed by atoms with Gasteiger partial charge < -0.3 is 5.32 Å². The van der Waals surface area contributed by atoms with E-state index in [1.807, 2.05) is 19.1 Å². The number of hydrogen-bond donors (Lipinski definition) is 1. The number of carbonyl (C=O) groups excluding carboxylic acids is 2. The minimum absolute atomic E-state index is 0.00145. The van der Waals surface area contributed by atoms with Crippen LogP contribution in [0.25, 0.3) is 0 Å². The van der Waals surface area contributed by atoms with Crippen molar-refractivity contribution in [1.82, 2.24) is 0 Å². The highest BCUT2D eigenvalue weighted by atomic mass is 35.5. The van der Waals surface area contributed by atoms with Crippen LogP contribution in [-0.2, 0) is 9.59 Å². The fraction of sp³-hybridized carbons (Fsp3) is 0.0588. The van der Waals surface area contributed by atoms with Crippen molar-refractivity contribution in [3.63, 3.8) is 0 Å². The number of nitrogens with zero attached hydrogens (tertiary/aromatic N) is 1. The van der Waals surface area contributed by atoms with Gasteiger partial charge in [-0.3, -0.25) is 9.59 Å². The summed E-state index contributed by atoms with van der Waals surface area (Å²) in [5.41, 5.74) is 1.91. The predicted molar refractivity (Wildman–Crippen MR) is 96.6 cm³/mol. The molecule has 0 spiro atoms. The first-order valence-corrected chi connectivity index (χ1v) is 8.09. The molecule has 0 fully saturated rings. The first-order valence-electron chi connectivity index (χ1n) is 6.96. The van der Waals surface area contributed by atoms with Gasteiger partial charge in [-0.25, -0.2) is 4.90 Å². The SMILES string of the molecule is Cc1ccc(NC2=C(Cl)C(=O)N(c3cc(Cl)ccc3Cl)C2=O)cc1. The maximum Gasteiger partial charge on any atom is 0.283 e. The van der Waals surface area contributed by atoms with E-state index in [-0.39, 0.29) is 21.4 Å². The van der Waals surface area contributed by atoms with Gasteiger partial charge in [0.2, 0.25) is 0 Å². The van der Waals surface area contributed by atoms with Gasteiger partial charge in [0.05, 0.1) is 10.7 Å². The zero-order chi connectivity index (χ0) is 17.4. The maximum absolute atomic E-state index is 12.7. The van der Waals surface area contributed by atoms with Gasteiger partial charge in [0, 0.05) is 10.7 Å². The van der Waals surface area contributed by atoms with Gasteiger partial charge >= 0.3 is 0 Å². The van der Waals surface area contributed by atoms with Crippen molar-refractivity contribution < 1.29 is 9.59 Å². The molecule has 0 aliphatic carbocycles. The molecule has 24 heavy (non-hydrogen) atoms. The molecule has 2 amide bonds. The molecule has 1 aliphatic rings. The fourth-order valence-corrected chi connectivity index (χ4v) is 2.85. The van der Waals surface area contributed by atoms with Crippen LogP contribution in [0.2, 0.25) is 10.0 Å². The van der Waals surface area contributed by atoms with E-state index in [1.54, 1.807) is 18.2 Å². The van der Waals surface area contributed by atoms with Gasteiger partial charge in [0.25, 0.3) is 11.8 Å². The van der Waals surface area contributed by atoms with Crippen LogP contribution in [-0.4, -0.2) is 11.8 Å². The van der Waals surface area contributed by atoms with E-state index in [1.165, 1.54) is 12.1 Å². The number of carbonyl (C=O) groups is 2. The third-order valence-electron chi connectivity index (χ3n) is 3.50. The number of rotatable bonds is 3. The summed E-state index contributed by atoms with van der Waals surface area (Å²) in [6, 6.07) is 11.9. The Morgan fingerprint density at radius 3 is 2.25 bits per heavy atom. The number of amides is 2. The molecular formula is C17H11Cl3N2O2. The summed E-state index contributed by atoms with van der Waals surface area (Å²) in [6.07, 6.45) is 0. The Bertz CT molecular complexity index is 876. The second-order valence-corrected chi connectivity index (χ2v) is 6.44. The Labute approximate surface area is 153 Å². The topological polar surface area (TPSA) is 49.4 Å². The zero-order valence-electron chi connectivity index (χ0n) is 12.4. The number of nitrogens with one attached hydrogen (secondary N) is 1. The van der Waals surface area contributed by atoms with Crippen molar-refractivity contribution in [2.45, 2.75) is 6.92 Å². The molecule has 0 unspecified atom stereocenters. The largest absolute Gasteiger partial charge is 0.350 e. The molecule has 1 N–H and O–H groups in total. The lowest BCUT2D eigenvalue weighted by atomic mass is 10.2. The van der Waals surface area contributed by atoms with Crippen LogP contribution in [0.15, 0.2) is 53.2 Å². The Hall–Kier alpha value is -2.01. The first-order chi connectivity index (χ1) is 11.4. The Kier molecular flexibility index (Phi) is 4.54. The highest BCUT2D eigenvalue weighted by Gasteiger charge is 2.39. The zero-order valence-corrected chi connectivity index (χ0v) is 14.7. The second kappa shape index (κ2) is 6.48. The molecule has 3 rings (SSSR count). The number of imide groups is 1. The van der Waals surface area contributed by atoms with Gasteiger partial charge in [0.1, 0.15) is 10.7 Å². The molecule has 0 saturated carbocycles. The number of hydrogen-bond acceptors (Lipinski definition) is 3. The lowest BCUT2D eigenvalue weighted by molar-refractivity contribution is -0.120. The first kappa shape index (κ1) is 16.8. The molecule has 0 atom stereocenters. The Morgan fingerprint density at radius 2 is 1.58 bits per heavy atom. The van der Waals surface area contributed by atoms with Crippen molar-refractivity contribution in [3.05, 3.63) is 68.8 Å².